The summed E-state index contributed by atoms with van der Waals surface area (Å²) in [6, 6.07) is 6.31. The summed E-state index contributed by atoms with van der Waals surface area (Å²) < 4.78 is 7.17. The number of benzene rings is 1. The van der Waals surface area contributed by atoms with E-state index in [2.05, 4.69) is 34.1 Å². The Morgan fingerprint density at radius 1 is 1.17 bits per heavy atom. The molecule has 1 aliphatic carbocycles. The Hall–Kier alpha value is -0.540. The molecule has 0 bridgehead atoms. The van der Waals surface area contributed by atoms with Crippen LogP contribution in [0.1, 0.15) is 44.1 Å². The Labute approximate surface area is 118 Å². The normalized spacial score (nSPS) is 17.4. The molecule has 0 amide bonds. The molecule has 1 aromatic carbocycles. The van der Waals surface area contributed by atoms with Crippen LogP contribution in [-0.4, -0.2) is 12.6 Å². The van der Waals surface area contributed by atoms with E-state index >= 15 is 0 Å². The molecule has 2 rings (SSSR count). The van der Waals surface area contributed by atoms with Gasteiger partial charge in [-0.2, -0.15) is 0 Å². The Bertz CT molecular complexity index is 373. The summed E-state index contributed by atoms with van der Waals surface area (Å²) in [5.41, 5.74) is 6.83. The van der Waals surface area contributed by atoms with Crippen LogP contribution in [0, 0.1) is 0 Å². The van der Waals surface area contributed by atoms with Crippen molar-refractivity contribution in [1.29, 1.82) is 0 Å². The van der Waals surface area contributed by atoms with Gasteiger partial charge in [-0.15, -0.1) is 0 Å². The van der Waals surface area contributed by atoms with Crippen LogP contribution in [0.5, 0.6) is 5.75 Å². The van der Waals surface area contributed by atoms with E-state index in [-0.39, 0.29) is 0 Å². The standard InChI is InChI=1S/C15H22BrNO/c16-14-11-12(9-10-17)7-8-15(14)18-13-5-3-1-2-4-6-13/h7-8,11,13H,1-6,9-10,17H2. The van der Waals surface area contributed by atoms with Crippen molar-refractivity contribution in [3.05, 3.63) is 28.2 Å². The van der Waals surface area contributed by atoms with Crippen LogP contribution in [0.15, 0.2) is 22.7 Å². The minimum absolute atomic E-state index is 0.393. The second kappa shape index (κ2) is 7.15. The molecule has 0 aromatic heterocycles. The predicted molar refractivity (Wildman–Crippen MR) is 79.0 cm³/mol. The second-order valence-corrected chi connectivity index (χ2v) is 5.89. The maximum absolute atomic E-state index is 6.12. The summed E-state index contributed by atoms with van der Waals surface area (Å²) >= 11 is 3.60. The highest BCUT2D eigenvalue weighted by atomic mass is 79.9. The van der Waals surface area contributed by atoms with Gasteiger partial charge >= 0.3 is 0 Å². The SMILES string of the molecule is NCCc1ccc(OC2CCCCCC2)c(Br)c1. The summed E-state index contributed by atoms with van der Waals surface area (Å²) in [6.07, 6.45) is 9.01. The number of rotatable bonds is 4. The highest BCUT2D eigenvalue weighted by Gasteiger charge is 2.15. The zero-order chi connectivity index (χ0) is 12.8. The third-order valence-electron chi connectivity index (χ3n) is 3.53. The molecule has 0 radical (unpaired) electrons. The average molecular weight is 312 g/mol. The largest absolute Gasteiger partial charge is 0.489 e. The van der Waals surface area contributed by atoms with Crippen LogP contribution < -0.4 is 10.5 Å². The van der Waals surface area contributed by atoms with E-state index in [0.29, 0.717) is 12.6 Å². The summed E-state index contributed by atoms with van der Waals surface area (Å²) in [7, 11) is 0. The number of nitrogens with two attached hydrogens (primary N) is 1. The lowest BCUT2D eigenvalue weighted by molar-refractivity contribution is 0.182. The maximum Gasteiger partial charge on any atom is 0.133 e. The van der Waals surface area contributed by atoms with Crippen LogP contribution in [-0.2, 0) is 6.42 Å². The first kappa shape index (κ1) is 13.9. The number of hydrogen-bond donors (Lipinski definition) is 1. The van der Waals surface area contributed by atoms with Crippen molar-refractivity contribution in [3.63, 3.8) is 0 Å². The first-order chi connectivity index (χ1) is 8.79. The van der Waals surface area contributed by atoms with E-state index in [0.717, 1.165) is 16.6 Å². The smallest absolute Gasteiger partial charge is 0.133 e. The number of halogens is 1. The Morgan fingerprint density at radius 2 is 1.89 bits per heavy atom. The van der Waals surface area contributed by atoms with Gasteiger partial charge in [0.25, 0.3) is 0 Å². The summed E-state index contributed by atoms with van der Waals surface area (Å²) in [4.78, 5) is 0. The molecule has 2 nitrogen and oxygen atoms in total. The molecule has 1 saturated carbocycles. The molecule has 100 valence electrons. The van der Waals surface area contributed by atoms with Gasteiger partial charge in [-0.25, -0.2) is 0 Å². The van der Waals surface area contributed by atoms with Crippen LogP contribution in [0.2, 0.25) is 0 Å². The van der Waals surface area contributed by atoms with Gasteiger partial charge in [0.1, 0.15) is 5.75 Å². The minimum Gasteiger partial charge on any atom is -0.489 e. The zero-order valence-electron chi connectivity index (χ0n) is 10.8. The minimum atomic E-state index is 0.393. The van der Waals surface area contributed by atoms with Crippen molar-refractivity contribution in [2.24, 2.45) is 5.73 Å². The lowest BCUT2D eigenvalue weighted by atomic mass is 10.1. The Kier molecular flexibility index (Phi) is 5.51. The van der Waals surface area contributed by atoms with Crippen molar-refractivity contribution in [3.8, 4) is 5.75 Å². The molecule has 3 heteroatoms. The third kappa shape index (κ3) is 3.99. The summed E-state index contributed by atoms with van der Waals surface area (Å²) in [6.45, 7) is 0.690. The molecule has 0 spiro atoms. The van der Waals surface area contributed by atoms with Gasteiger partial charge in [-0.1, -0.05) is 18.9 Å². The van der Waals surface area contributed by atoms with Crippen LogP contribution in [0.3, 0.4) is 0 Å². The fourth-order valence-corrected chi connectivity index (χ4v) is 3.02. The molecule has 1 aliphatic rings. The van der Waals surface area contributed by atoms with Gasteiger partial charge in [0.05, 0.1) is 10.6 Å². The third-order valence-corrected chi connectivity index (χ3v) is 4.14. The van der Waals surface area contributed by atoms with E-state index < -0.39 is 0 Å². The summed E-state index contributed by atoms with van der Waals surface area (Å²) in [5, 5.41) is 0. The van der Waals surface area contributed by atoms with Gasteiger partial charge in [0.15, 0.2) is 0 Å². The fraction of sp³-hybridized carbons (Fsp3) is 0.600. The quantitative estimate of drug-likeness (QED) is 0.851. The maximum atomic E-state index is 6.12. The van der Waals surface area contributed by atoms with Crippen LogP contribution >= 0.6 is 15.9 Å². The predicted octanol–water partition coefficient (Wildman–Crippen LogP) is 4.05. The van der Waals surface area contributed by atoms with Crippen molar-refractivity contribution in [2.45, 2.75) is 51.0 Å². The molecule has 0 saturated heterocycles. The first-order valence-electron chi connectivity index (χ1n) is 6.95. The topological polar surface area (TPSA) is 35.2 Å². The van der Waals surface area contributed by atoms with E-state index in [1.165, 1.54) is 44.1 Å². The van der Waals surface area contributed by atoms with E-state index in [4.69, 9.17) is 10.5 Å². The molecule has 1 aromatic rings. The molecule has 18 heavy (non-hydrogen) atoms. The van der Waals surface area contributed by atoms with Gasteiger partial charge in [0, 0.05) is 0 Å². The second-order valence-electron chi connectivity index (χ2n) is 5.03. The number of ether oxygens (including phenoxy) is 1. The fourth-order valence-electron chi connectivity index (χ4n) is 2.50. The highest BCUT2D eigenvalue weighted by molar-refractivity contribution is 9.10. The van der Waals surface area contributed by atoms with Crippen LogP contribution in [0.25, 0.3) is 0 Å². The Morgan fingerprint density at radius 3 is 2.50 bits per heavy atom. The number of hydrogen-bond acceptors (Lipinski definition) is 2. The van der Waals surface area contributed by atoms with E-state index in [1.807, 2.05) is 0 Å². The van der Waals surface area contributed by atoms with Gasteiger partial charge < -0.3 is 10.5 Å². The van der Waals surface area contributed by atoms with E-state index in [9.17, 15) is 0 Å². The van der Waals surface area contributed by atoms with Crippen molar-refractivity contribution in [1.82, 2.24) is 0 Å². The lowest BCUT2D eigenvalue weighted by Crippen LogP contribution is -2.15. The van der Waals surface area contributed by atoms with Crippen LogP contribution in [0.4, 0.5) is 0 Å². The highest BCUT2D eigenvalue weighted by Crippen LogP contribution is 2.30. The molecule has 0 aliphatic heterocycles. The van der Waals surface area contributed by atoms with Crippen molar-refractivity contribution in [2.75, 3.05) is 6.54 Å². The average Bonchev–Trinajstić information content (AvgIpc) is 2.62. The molecule has 0 unspecified atom stereocenters. The van der Waals surface area contributed by atoms with E-state index in [1.54, 1.807) is 0 Å². The molecule has 2 N–H and O–H groups in total. The van der Waals surface area contributed by atoms with Gasteiger partial charge in [-0.3, -0.25) is 0 Å². The van der Waals surface area contributed by atoms with Gasteiger partial charge in [0.2, 0.25) is 0 Å². The molecular formula is C15H22BrNO. The molecule has 1 fully saturated rings. The molecular weight excluding hydrogens is 290 g/mol. The first-order valence-corrected chi connectivity index (χ1v) is 7.74. The monoisotopic (exact) mass is 311 g/mol. The molecule has 0 heterocycles. The van der Waals surface area contributed by atoms with Crippen molar-refractivity contribution >= 4 is 15.9 Å². The van der Waals surface area contributed by atoms with Crippen molar-refractivity contribution < 1.29 is 4.74 Å². The van der Waals surface area contributed by atoms with Gasteiger partial charge in [-0.05, 0) is 72.3 Å². The summed E-state index contributed by atoms with van der Waals surface area (Å²) in [5.74, 6) is 0.975. The Balaban J connectivity index is 1.99. The zero-order valence-corrected chi connectivity index (χ0v) is 12.4. The molecule has 0 atom stereocenters. The lowest BCUT2D eigenvalue weighted by Gasteiger charge is -2.18.